The summed E-state index contributed by atoms with van der Waals surface area (Å²) >= 11 is 0. The summed E-state index contributed by atoms with van der Waals surface area (Å²) in [4.78, 5) is 11.1. The van der Waals surface area contributed by atoms with E-state index in [0.717, 1.165) is 0 Å². The van der Waals surface area contributed by atoms with E-state index in [-0.39, 0.29) is 0 Å². The minimum atomic E-state index is -4.45. The normalized spacial score (nSPS) is 11.8. The molecule has 0 spiro atoms. The van der Waals surface area contributed by atoms with Gasteiger partial charge in [0.2, 0.25) is 0 Å². The quantitative estimate of drug-likeness (QED) is 0.784. The smallest absolute Gasteiger partial charge is 0.329 e. The molecule has 16 heavy (non-hydrogen) atoms. The van der Waals surface area contributed by atoms with E-state index in [2.05, 4.69) is 5.32 Å². The van der Waals surface area contributed by atoms with Crippen molar-refractivity contribution < 1.29 is 18.0 Å². The van der Waals surface area contributed by atoms with Crippen molar-refractivity contribution in [1.82, 2.24) is 10.6 Å². The maximum Gasteiger partial charge on any atom is 0.405 e. The van der Waals surface area contributed by atoms with Crippen LogP contribution in [0.25, 0.3) is 0 Å². The van der Waals surface area contributed by atoms with Gasteiger partial charge < -0.3 is 10.6 Å². The van der Waals surface area contributed by atoms with Crippen molar-refractivity contribution in [3.8, 4) is 6.07 Å². The molecule has 0 rings (SSSR count). The number of hydrogen-bond acceptors (Lipinski definition) is 2. The van der Waals surface area contributed by atoms with Gasteiger partial charge >= 0.3 is 12.2 Å². The Morgan fingerprint density at radius 2 is 1.81 bits per heavy atom. The predicted molar refractivity (Wildman–Crippen MR) is 51.5 cm³/mol. The molecule has 0 aromatic rings. The number of amides is 2. The van der Waals surface area contributed by atoms with Gasteiger partial charge in [-0.05, 0) is 12.8 Å². The fourth-order valence-electron chi connectivity index (χ4n) is 1.05. The Labute approximate surface area is 91.8 Å². The Morgan fingerprint density at radius 1 is 1.31 bits per heavy atom. The highest BCUT2D eigenvalue weighted by molar-refractivity contribution is 5.75. The zero-order valence-electron chi connectivity index (χ0n) is 9.11. The summed E-state index contributed by atoms with van der Waals surface area (Å²) in [5.41, 5.74) is -1.10. The van der Waals surface area contributed by atoms with Crippen LogP contribution in [0, 0.1) is 11.3 Å². The standard InChI is InChI=1S/C9H14F3N3O/c1-3-8(4-2,5-13)15-7(16)14-6-9(10,11)12/h3-4,6H2,1-2H3,(H2,14,15,16). The van der Waals surface area contributed by atoms with Crippen LogP contribution in [0.1, 0.15) is 26.7 Å². The van der Waals surface area contributed by atoms with Crippen LogP contribution in [-0.4, -0.2) is 24.3 Å². The number of nitriles is 1. The molecule has 0 aliphatic carbocycles. The Balaban J connectivity index is 4.29. The summed E-state index contributed by atoms with van der Waals surface area (Å²) in [6.45, 7) is 1.95. The summed E-state index contributed by atoms with van der Waals surface area (Å²) in [5, 5.41) is 12.7. The van der Waals surface area contributed by atoms with E-state index in [9.17, 15) is 18.0 Å². The molecule has 0 saturated carbocycles. The van der Waals surface area contributed by atoms with Gasteiger partial charge in [0.15, 0.2) is 0 Å². The van der Waals surface area contributed by atoms with Gasteiger partial charge in [-0.1, -0.05) is 13.8 Å². The second-order valence-corrected chi connectivity index (χ2v) is 3.32. The average Bonchev–Trinajstić information content (AvgIpc) is 2.22. The Bertz CT molecular complexity index is 279. The number of urea groups is 1. The lowest BCUT2D eigenvalue weighted by molar-refractivity contribution is -0.122. The van der Waals surface area contributed by atoms with Crippen LogP contribution in [0.2, 0.25) is 0 Å². The van der Waals surface area contributed by atoms with Crippen molar-refractivity contribution in [2.75, 3.05) is 6.54 Å². The third-order valence-electron chi connectivity index (χ3n) is 2.22. The number of hydrogen-bond donors (Lipinski definition) is 2. The van der Waals surface area contributed by atoms with E-state index >= 15 is 0 Å². The second-order valence-electron chi connectivity index (χ2n) is 3.32. The molecule has 2 N–H and O–H groups in total. The second kappa shape index (κ2) is 5.58. The van der Waals surface area contributed by atoms with Gasteiger partial charge in [-0.3, -0.25) is 0 Å². The third-order valence-corrected chi connectivity index (χ3v) is 2.22. The van der Waals surface area contributed by atoms with Crippen molar-refractivity contribution >= 4 is 6.03 Å². The van der Waals surface area contributed by atoms with Crippen molar-refractivity contribution in [3.63, 3.8) is 0 Å². The summed E-state index contributed by atoms with van der Waals surface area (Å²) < 4.78 is 35.4. The van der Waals surface area contributed by atoms with Crippen LogP contribution in [-0.2, 0) is 0 Å². The molecule has 0 bridgehead atoms. The van der Waals surface area contributed by atoms with Crippen LogP contribution in [0.5, 0.6) is 0 Å². The molecule has 0 heterocycles. The molecule has 2 amide bonds. The van der Waals surface area contributed by atoms with Gasteiger partial charge in [0.05, 0.1) is 6.07 Å². The Morgan fingerprint density at radius 3 is 2.12 bits per heavy atom. The highest BCUT2D eigenvalue weighted by Gasteiger charge is 2.31. The van der Waals surface area contributed by atoms with Gasteiger partial charge in [-0.2, -0.15) is 18.4 Å². The first-order valence-electron chi connectivity index (χ1n) is 4.82. The number of alkyl halides is 3. The first-order valence-corrected chi connectivity index (χ1v) is 4.82. The third kappa shape index (κ3) is 4.87. The van der Waals surface area contributed by atoms with E-state index in [1.807, 2.05) is 6.07 Å². The molecule has 92 valence electrons. The van der Waals surface area contributed by atoms with Gasteiger partial charge in [-0.15, -0.1) is 0 Å². The summed E-state index contributed by atoms with van der Waals surface area (Å²) in [7, 11) is 0. The fourth-order valence-corrected chi connectivity index (χ4v) is 1.05. The number of nitrogens with zero attached hydrogens (tertiary/aromatic N) is 1. The molecule has 0 atom stereocenters. The molecule has 0 unspecified atom stereocenters. The monoisotopic (exact) mass is 237 g/mol. The fraction of sp³-hybridized carbons (Fsp3) is 0.778. The lowest BCUT2D eigenvalue weighted by Gasteiger charge is -2.25. The lowest BCUT2D eigenvalue weighted by Crippen LogP contribution is -2.52. The van der Waals surface area contributed by atoms with Gasteiger partial charge in [-0.25, -0.2) is 4.79 Å². The van der Waals surface area contributed by atoms with Gasteiger partial charge in [0.1, 0.15) is 12.1 Å². The molecular formula is C9H14F3N3O. The number of carbonyl (C=O) groups excluding carboxylic acids is 1. The van der Waals surface area contributed by atoms with Crippen LogP contribution in [0.4, 0.5) is 18.0 Å². The molecule has 0 fully saturated rings. The predicted octanol–water partition coefficient (Wildman–Crippen LogP) is 1.93. The number of carbonyl (C=O) groups is 1. The van der Waals surface area contributed by atoms with Gasteiger partial charge in [0.25, 0.3) is 0 Å². The number of rotatable bonds is 4. The average molecular weight is 237 g/mol. The minimum absolute atomic E-state index is 0.333. The van der Waals surface area contributed by atoms with Crippen molar-refractivity contribution in [1.29, 1.82) is 5.26 Å². The van der Waals surface area contributed by atoms with Crippen LogP contribution < -0.4 is 10.6 Å². The largest absolute Gasteiger partial charge is 0.405 e. The molecule has 0 aromatic carbocycles. The first-order chi connectivity index (χ1) is 7.28. The maximum atomic E-state index is 11.8. The zero-order chi connectivity index (χ0) is 12.8. The highest BCUT2D eigenvalue weighted by Crippen LogP contribution is 2.14. The molecule has 0 saturated heterocycles. The van der Waals surface area contributed by atoms with Crippen LogP contribution >= 0.6 is 0 Å². The van der Waals surface area contributed by atoms with E-state index < -0.39 is 24.3 Å². The highest BCUT2D eigenvalue weighted by atomic mass is 19.4. The molecule has 0 radical (unpaired) electrons. The summed E-state index contributed by atoms with van der Waals surface area (Å²) in [6, 6.07) is 0.906. The maximum absolute atomic E-state index is 11.8. The van der Waals surface area contributed by atoms with Crippen molar-refractivity contribution in [2.24, 2.45) is 0 Å². The number of nitrogens with one attached hydrogen (secondary N) is 2. The van der Waals surface area contributed by atoms with Crippen molar-refractivity contribution in [3.05, 3.63) is 0 Å². The Kier molecular flexibility index (Phi) is 5.08. The van der Waals surface area contributed by atoms with E-state index in [4.69, 9.17) is 5.26 Å². The summed E-state index contributed by atoms with van der Waals surface area (Å²) in [5.74, 6) is 0. The number of halogens is 3. The van der Waals surface area contributed by atoms with Crippen LogP contribution in [0.3, 0.4) is 0 Å². The van der Waals surface area contributed by atoms with E-state index in [1.165, 1.54) is 0 Å². The molecule has 0 aliphatic rings. The lowest BCUT2D eigenvalue weighted by atomic mass is 9.95. The molecule has 0 aromatic heterocycles. The molecule has 4 nitrogen and oxygen atoms in total. The minimum Gasteiger partial charge on any atom is -0.329 e. The molecular weight excluding hydrogens is 223 g/mol. The van der Waals surface area contributed by atoms with E-state index in [0.29, 0.717) is 12.8 Å². The zero-order valence-corrected chi connectivity index (χ0v) is 9.11. The topological polar surface area (TPSA) is 64.9 Å². The Hall–Kier alpha value is -1.45. The molecule has 7 heteroatoms. The first kappa shape index (κ1) is 14.6. The SMILES string of the molecule is CCC(C#N)(CC)NC(=O)NCC(F)(F)F. The van der Waals surface area contributed by atoms with Crippen molar-refractivity contribution in [2.45, 2.75) is 38.4 Å². The van der Waals surface area contributed by atoms with Gasteiger partial charge in [0, 0.05) is 0 Å². The summed E-state index contributed by atoms with van der Waals surface area (Å²) in [6.07, 6.45) is -3.79. The molecule has 0 aliphatic heterocycles. The van der Waals surface area contributed by atoms with E-state index in [1.54, 1.807) is 19.2 Å². The van der Waals surface area contributed by atoms with Crippen LogP contribution in [0.15, 0.2) is 0 Å².